The summed E-state index contributed by atoms with van der Waals surface area (Å²) in [6.45, 7) is 0.0527. The zero-order chi connectivity index (χ0) is 48.1. The number of likely N-dealkylation sites (tertiary alicyclic amines) is 4. The van der Waals surface area contributed by atoms with Gasteiger partial charge in [-0.05, 0) is 94.9 Å². The maximum absolute atomic E-state index is 14.2. The molecule has 0 aliphatic carbocycles. The van der Waals surface area contributed by atoms with Gasteiger partial charge in [0.1, 0.15) is 54.1 Å². The third-order valence-electron chi connectivity index (χ3n) is 12.7. The van der Waals surface area contributed by atoms with Gasteiger partial charge < -0.3 is 67.7 Å². The molecule has 4 heterocycles. The van der Waals surface area contributed by atoms with Gasteiger partial charge in [0.15, 0.2) is 0 Å². The van der Waals surface area contributed by atoms with Gasteiger partial charge in [-0.15, -0.1) is 0 Å². The summed E-state index contributed by atoms with van der Waals surface area (Å²) in [5.41, 5.74) is 11.8. The van der Waals surface area contributed by atoms with E-state index < -0.39 is 115 Å². The van der Waals surface area contributed by atoms with Crippen LogP contribution in [0.2, 0.25) is 0 Å². The van der Waals surface area contributed by atoms with E-state index in [1.54, 1.807) is 12.1 Å². The third kappa shape index (κ3) is 12.9. The number of amides is 8. The molecule has 0 aromatic heterocycles. The highest BCUT2D eigenvalue weighted by atomic mass is 32.1. The minimum Gasteiger partial charge on any atom is -0.508 e. The minimum atomic E-state index is -1.29. The molecule has 4 fully saturated rings. The van der Waals surface area contributed by atoms with E-state index in [2.05, 4.69) is 33.9 Å². The molecule has 0 spiro atoms. The lowest BCUT2D eigenvalue weighted by molar-refractivity contribution is -0.152. The number of phenols is 1. The number of aliphatic carboxylic acids is 1. The first-order valence-electron chi connectivity index (χ1n) is 22.7. The lowest BCUT2D eigenvalue weighted by atomic mass is 10.0. The smallest absolute Gasteiger partial charge is 0.326 e. The molecule has 22 nitrogen and oxygen atoms in total. The van der Waals surface area contributed by atoms with E-state index in [0.29, 0.717) is 69.9 Å². The van der Waals surface area contributed by atoms with E-state index in [-0.39, 0.29) is 56.9 Å². The van der Waals surface area contributed by atoms with Gasteiger partial charge in [-0.3, -0.25) is 38.4 Å². The van der Waals surface area contributed by atoms with Crippen molar-refractivity contribution in [1.82, 2.24) is 40.9 Å². The number of hydrogen-bond donors (Lipinski definition) is 10. The second kappa shape index (κ2) is 24.3. The van der Waals surface area contributed by atoms with Crippen molar-refractivity contribution in [2.75, 3.05) is 51.6 Å². The Morgan fingerprint density at radius 3 is 1.82 bits per heavy atom. The van der Waals surface area contributed by atoms with Gasteiger partial charge in [-0.2, -0.15) is 12.6 Å². The van der Waals surface area contributed by atoms with E-state index in [4.69, 9.17) is 11.5 Å². The second-order valence-corrected chi connectivity index (χ2v) is 17.5. The van der Waals surface area contributed by atoms with Gasteiger partial charge in [0.05, 0.1) is 13.2 Å². The Bertz CT molecular complexity index is 1940. The fourth-order valence-corrected chi connectivity index (χ4v) is 9.34. The quantitative estimate of drug-likeness (QED) is 0.0432. The molecule has 4 aliphatic heterocycles. The van der Waals surface area contributed by atoms with Crippen molar-refractivity contribution in [1.29, 1.82) is 0 Å². The highest BCUT2D eigenvalue weighted by Crippen LogP contribution is 2.28. The number of nitrogens with zero attached hydrogens (tertiary/aromatic N) is 4. The van der Waals surface area contributed by atoms with Crippen LogP contribution in [0.15, 0.2) is 24.3 Å². The van der Waals surface area contributed by atoms with E-state index in [0.717, 1.165) is 0 Å². The van der Waals surface area contributed by atoms with Crippen molar-refractivity contribution in [3.05, 3.63) is 29.8 Å². The Balaban J connectivity index is 1.21. The van der Waals surface area contributed by atoms with Gasteiger partial charge in [0, 0.05) is 38.4 Å². The number of aliphatic hydroxyl groups is 1. The highest BCUT2D eigenvalue weighted by molar-refractivity contribution is 7.80. The van der Waals surface area contributed by atoms with Crippen LogP contribution in [0.1, 0.15) is 76.2 Å². The number of unbranched alkanes of at least 4 members (excludes halogenated alkanes) is 1. The number of rotatable bonds is 21. The van der Waals surface area contributed by atoms with E-state index >= 15 is 0 Å². The summed E-state index contributed by atoms with van der Waals surface area (Å²) in [5.74, 6) is -6.11. The van der Waals surface area contributed by atoms with E-state index in [9.17, 15) is 58.5 Å². The summed E-state index contributed by atoms with van der Waals surface area (Å²) in [7, 11) is 0. The number of thiol groups is 1. The number of carbonyl (C=O) groups is 9. The zero-order valence-electron chi connectivity index (χ0n) is 37.0. The molecule has 4 saturated heterocycles. The number of benzene rings is 1. The number of hydrogen-bond acceptors (Lipinski definition) is 14. The number of aromatic hydroxyl groups is 1. The maximum Gasteiger partial charge on any atom is 0.326 e. The number of carboxylic acids is 1. The van der Waals surface area contributed by atoms with E-state index in [1.165, 1.54) is 31.7 Å². The summed E-state index contributed by atoms with van der Waals surface area (Å²) >= 11 is 4.33. The lowest BCUT2D eigenvalue weighted by Gasteiger charge is -2.33. The summed E-state index contributed by atoms with van der Waals surface area (Å²) in [5, 5.41) is 39.3. The standard InChI is InChI=1S/C43H64N10O12S/c44-16-2-1-7-28(47-36(57)27(45)23-54)38(59)48-29(21-25-12-14-26(55)15-13-25)37(58)46-22-35(56)50-17-4-9-32(50)41(62)51-18-3-8-31(51)39(60)49-30(24-66)40(61)52-19-5-10-33(52)42(63)53-20-6-11-34(53)43(64)65/h12-15,27-34,54-55,66H,1-11,16-24,44-45H2,(H,46,58)(H,47,57)(H,48,59)(H,49,60)(H,64,65)/t27-,28-,29-,30-,31-,32-,33-,34-/m0/s1. The number of carbonyl (C=O) groups excluding carboxylic acids is 8. The Kier molecular flexibility index (Phi) is 19.0. The van der Waals surface area contributed by atoms with E-state index in [1.807, 2.05) is 0 Å². The van der Waals surface area contributed by atoms with Crippen LogP contribution in [-0.2, 0) is 49.6 Å². The molecular weight excluding hydrogens is 881 g/mol. The molecule has 66 heavy (non-hydrogen) atoms. The SMILES string of the molecule is NCCCC[C@H](NC(=O)[C@@H](N)CO)C(=O)N[C@@H](Cc1ccc(O)cc1)C(=O)NCC(=O)N1CCC[C@H]1C(=O)N1CCC[C@H]1C(=O)N[C@@H](CS)C(=O)N1CCC[C@H]1C(=O)N1CCC[C@H]1C(=O)O. The summed E-state index contributed by atoms with van der Waals surface area (Å²) in [4.78, 5) is 126. The number of nitrogens with two attached hydrogens (primary N) is 2. The molecule has 0 unspecified atom stereocenters. The highest BCUT2D eigenvalue weighted by Gasteiger charge is 2.46. The number of nitrogens with one attached hydrogen (secondary N) is 4. The van der Waals surface area contributed by atoms with Crippen LogP contribution in [-0.4, -0.2) is 188 Å². The largest absolute Gasteiger partial charge is 0.508 e. The Labute approximate surface area is 388 Å². The van der Waals surface area contributed by atoms with Gasteiger partial charge in [-0.1, -0.05) is 12.1 Å². The van der Waals surface area contributed by atoms with Crippen molar-refractivity contribution < 1.29 is 58.5 Å². The van der Waals surface area contributed by atoms with Crippen LogP contribution >= 0.6 is 12.6 Å². The first kappa shape index (κ1) is 51.5. The second-order valence-electron chi connectivity index (χ2n) is 17.2. The van der Waals surface area contributed by atoms with Crippen molar-refractivity contribution >= 4 is 65.9 Å². The topological polar surface area (TPSA) is 327 Å². The van der Waals surface area contributed by atoms with Crippen LogP contribution in [0.5, 0.6) is 5.75 Å². The summed E-state index contributed by atoms with van der Waals surface area (Å²) in [6.07, 6.45) is 4.32. The van der Waals surface area contributed by atoms with Crippen molar-refractivity contribution in [2.24, 2.45) is 11.5 Å². The molecule has 0 bridgehead atoms. The first-order valence-corrected chi connectivity index (χ1v) is 23.3. The molecule has 8 atom stereocenters. The molecule has 0 radical (unpaired) electrons. The molecule has 23 heteroatoms. The number of carboxylic acid groups (broad SMARTS) is 1. The fourth-order valence-electron chi connectivity index (χ4n) is 9.10. The predicted octanol–water partition coefficient (Wildman–Crippen LogP) is -3.07. The lowest BCUT2D eigenvalue weighted by Crippen LogP contribution is -2.59. The van der Waals surface area contributed by atoms with Crippen LogP contribution < -0.4 is 32.7 Å². The molecular formula is C43H64N10O12S. The molecule has 5 rings (SSSR count). The summed E-state index contributed by atoms with van der Waals surface area (Å²) in [6, 6.07) is -2.67. The monoisotopic (exact) mass is 944 g/mol. The molecule has 1 aromatic rings. The van der Waals surface area contributed by atoms with Gasteiger partial charge in [0.25, 0.3) is 0 Å². The molecule has 8 amide bonds. The average molecular weight is 945 g/mol. The molecule has 4 aliphatic rings. The molecule has 364 valence electrons. The number of aliphatic hydroxyl groups excluding tert-OH is 1. The van der Waals surface area contributed by atoms with Crippen LogP contribution in [0, 0.1) is 0 Å². The Hall–Kier alpha value is -5.52. The van der Waals surface area contributed by atoms with Crippen LogP contribution in [0.4, 0.5) is 0 Å². The fraction of sp³-hybridized carbons (Fsp3) is 0.651. The van der Waals surface area contributed by atoms with Crippen LogP contribution in [0.25, 0.3) is 0 Å². The molecule has 11 N–H and O–H groups in total. The van der Waals surface area contributed by atoms with Crippen molar-refractivity contribution in [2.45, 2.75) is 125 Å². The Morgan fingerprint density at radius 2 is 1.23 bits per heavy atom. The molecule has 1 aromatic carbocycles. The average Bonchev–Trinajstić information content (AvgIpc) is 4.16. The minimum absolute atomic E-state index is 0.0257. The van der Waals surface area contributed by atoms with Gasteiger partial charge >= 0.3 is 5.97 Å². The maximum atomic E-state index is 14.2. The number of phenolic OH excluding ortho intramolecular Hbond substituents is 1. The summed E-state index contributed by atoms with van der Waals surface area (Å²) < 4.78 is 0. The Morgan fingerprint density at radius 1 is 0.682 bits per heavy atom. The van der Waals surface area contributed by atoms with Gasteiger partial charge in [-0.25, -0.2) is 4.79 Å². The normalized spacial score (nSPS) is 22.3. The molecule has 0 saturated carbocycles. The van der Waals surface area contributed by atoms with Gasteiger partial charge in [0.2, 0.25) is 47.3 Å². The first-order chi connectivity index (χ1) is 31.6. The predicted molar refractivity (Wildman–Crippen MR) is 239 cm³/mol. The zero-order valence-corrected chi connectivity index (χ0v) is 37.9. The van der Waals surface area contributed by atoms with Crippen LogP contribution in [0.3, 0.4) is 0 Å². The van der Waals surface area contributed by atoms with Crippen molar-refractivity contribution in [3.63, 3.8) is 0 Å². The third-order valence-corrected chi connectivity index (χ3v) is 13.0. The van der Waals surface area contributed by atoms with Crippen molar-refractivity contribution in [3.8, 4) is 5.75 Å².